The highest BCUT2D eigenvalue weighted by molar-refractivity contribution is 5.93. The second-order valence-corrected chi connectivity index (χ2v) is 6.33. The lowest BCUT2D eigenvalue weighted by Gasteiger charge is -2.36. The molecular formula is C15H22N4O3. The van der Waals surface area contributed by atoms with Gasteiger partial charge in [-0.15, -0.1) is 0 Å². The average Bonchev–Trinajstić information content (AvgIpc) is 3.00. The maximum atomic E-state index is 12.3. The third-order valence-electron chi connectivity index (χ3n) is 4.88. The smallest absolute Gasteiger partial charge is 0.305 e. The van der Waals surface area contributed by atoms with Crippen LogP contribution in [0, 0.1) is 0 Å². The number of hydrogen-bond acceptors (Lipinski definition) is 4. The van der Waals surface area contributed by atoms with E-state index in [0.29, 0.717) is 17.6 Å². The molecule has 1 amide bonds. The minimum Gasteiger partial charge on any atom is -0.481 e. The van der Waals surface area contributed by atoms with Crippen molar-refractivity contribution in [2.75, 3.05) is 7.05 Å². The molecule has 0 radical (unpaired) electrons. The molecule has 120 valence electrons. The predicted molar refractivity (Wildman–Crippen MR) is 79.5 cm³/mol. The first-order chi connectivity index (χ1) is 10.5. The Morgan fingerprint density at radius 3 is 2.68 bits per heavy atom. The number of fused-ring (bicyclic) bond motifs is 2. The van der Waals surface area contributed by atoms with Crippen LogP contribution in [0.2, 0.25) is 0 Å². The first-order valence-corrected chi connectivity index (χ1v) is 7.80. The zero-order valence-corrected chi connectivity index (χ0v) is 12.7. The van der Waals surface area contributed by atoms with Crippen molar-refractivity contribution in [1.82, 2.24) is 20.0 Å². The van der Waals surface area contributed by atoms with E-state index in [1.807, 2.05) is 0 Å². The van der Waals surface area contributed by atoms with Crippen molar-refractivity contribution >= 4 is 11.9 Å². The normalized spacial score (nSPS) is 27.8. The molecule has 3 heterocycles. The van der Waals surface area contributed by atoms with Gasteiger partial charge in [-0.25, -0.2) is 0 Å². The first-order valence-electron chi connectivity index (χ1n) is 7.80. The average molecular weight is 306 g/mol. The van der Waals surface area contributed by atoms with Gasteiger partial charge in [0.05, 0.1) is 24.7 Å². The van der Waals surface area contributed by atoms with Gasteiger partial charge in [0.15, 0.2) is 0 Å². The molecule has 2 aliphatic rings. The topological polar surface area (TPSA) is 87.5 Å². The fourth-order valence-electron chi connectivity index (χ4n) is 3.61. The number of carbonyl (C=O) groups excluding carboxylic acids is 1. The first kappa shape index (κ1) is 15.0. The Bertz CT molecular complexity index is 557. The van der Waals surface area contributed by atoms with Crippen molar-refractivity contribution < 1.29 is 14.7 Å². The number of amides is 1. The monoisotopic (exact) mass is 306 g/mol. The Morgan fingerprint density at radius 2 is 2.05 bits per heavy atom. The van der Waals surface area contributed by atoms with Crippen LogP contribution in [-0.2, 0) is 11.3 Å². The van der Waals surface area contributed by atoms with Crippen LogP contribution < -0.4 is 5.32 Å². The largest absolute Gasteiger partial charge is 0.481 e. The van der Waals surface area contributed by atoms with Gasteiger partial charge in [-0.3, -0.25) is 14.3 Å². The lowest BCUT2D eigenvalue weighted by Crippen LogP contribution is -2.48. The number of aryl methyl sites for hydroxylation is 1. The Morgan fingerprint density at radius 1 is 1.36 bits per heavy atom. The SMILES string of the molecule is CN1C2CCC1CC(NC(=O)c1cnn(CCC(=O)O)c1)C2. The number of rotatable bonds is 5. The van der Waals surface area contributed by atoms with Crippen molar-refractivity contribution in [1.29, 1.82) is 0 Å². The fourth-order valence-corrected chi connectivity index (χ4v) is 3.61. The number of nitrogens with one attached hydrogen (secondary N) is 1. The maximum Gasteiger partial charge on any atom is 0.305 e. The van der Waals surface area contributed by atoms with Crippen molar-refractivity contribution in [3.05, 3.63) is 18.0 Å². The second-order valence-electron chi connectivity index (χ2n) is 6.33. The van der Waals surface area contributed by atoms with Crippen LogP contribution in [0.4, 0.5) is 0 Å². The van der Waals surface area contributed by atoms with Crippen LogP contribution in [0.3, 0.4) is 0 Å². The van der Waals surface area contributed by atoms with Gasteiger partial charge in [0, 0.05) is 24.3 Å². The van der Waals surface area contributed by atoms with Gasteiger partial charge < -0.3 is 15.3 Å². The minimum absolute atomic E-state index is 0.00105. The molecule has 1 aromatic rings. The molecular weight excluding hydrogens is 284 g/mol. The molecule has 1 aromatic heterocycles. The minimum atomic E-state index is -0.872. The van der Waals surface area contributed by atoms with Gasteiger partial charge in [-0.05, 0) is 32.7 Å². The summed E-state index contributed by atoms with van der Waals surface area (Å²) < 4.78 is 1.50. The summed E-state index contributed by atoms with van der Waals surface area (Å²) in [6, 6.07) is 1.40. The van der Waals surface area contributed by atoms with E-state index in [2.05, 4.69) is 22.4 Å². The lowest BCUT2D eigenvalue weighted by atomic mass is 9.98. The van der Waals surface area contributed by atoms with Crippen LogP contribution in [0.5, 0.6) is 0 Å². The quantitative estimate of drug-likeness (QED) is 0.836. The number of nitrogens with zero attached hydrogens (tertiary/aromatic N) is 3. The van der Waals surface area contributed by atoms with E-state index < -0.39 is 5.97 Å². The summed E-state index contributed by atoms with van der Waals surface area (Å²) >= 11 is 0. The molecule has 2 fully saturated rings. The molecule has 2 atom stereocenters. The molecule has 2 bridgehead atoms. The van der Waals surface area contributed by atoms with E-state index in [9.17, 15) is 9.59 Å². The molecule has 0 saturated carbocycles. The molecule has 0 spiro atoms. The zero-order valence-electron chi connectivity index (χ0n) is 12.7. The number of carboxylic acids is 1. The third-order valence-corrected chi connectivity index (χ3v) is 4.88. The Kier molecular flexibility index (Phi) is 4.15. The highest BCUT2D eigenvalue weighted by Gasteiger charge is 2.38. The van der Waals surface area contributed by atoms with Crippen LogP contribution >= 0.6 is 0 Å². The van der Waals surface area contributed by atoms with E-state index in [1.54, 1.807) is 6.20 Å². The Hall–Kier alpha value is -1.89. The Labute approximate surface area is 129 Å². The van der Waals surface area contributed by atoms with E-state index >= 15 is 0 Å². The summed E-state index contributed by atoms with van der Waals surface area (Å²) in [4.78, 5) is 25.3. The summed E-state index contributed by atoms with van der Waals surface area (Å²) in [6.07, 6.45) is 7.57. The summed E-state index contributed by atoms with van der Waals surface area (Å²) in [7, 11) is 2.17. The maximum absolute atomic E-state index is 12.3. The summed E-state index contributed by atoms with van der Waals surface area (Å²) in [5.41, 5.74) is 0.497. The number of piperidine rings is 1. The van der Waals surface area contributed by atoms with Crippen molar-refractivity contribution in [3.63, 3.8) is 0 Å². The van der Waals surface area contributed by atoms with Gasteiger partial charge in [-0.2, -0.15) is 5.10 Å². The van der Waals surface area contributed by atoms with Gasteiger partial charge in [0.25, 0.3) is 5.91 Å². The van der Waals surface area contributed by atoms with E-state index in [0.717, 1.165) is 12.8 Å². The fraction of sp³-hybridized carbons (Fsp3) is 0.667. The Balaban J connectivity index is 1.55. The number of aromatic nitrogens is 2. The molecule has 7 heteroatoms. The molecule has 2 saturated heterocycles. The van der Waals surface area contributed by atoms with Crippen LogP contribution in [0.1, 0.15) is 42.5 Å². The van der Waals surface area contributed by atoms with Crippen LogP contribution in [-0.4, -0.2) is 56.8 Å². The molecule has 22 heavy (non-hydrogen) atoms. The van der Waals surface area contributed by atoms with E-state index in [-0.39, 0.29) is 24.9 Å². The molecule has 3 rings (SSSR count). The standard InChI is InChI=1S/C15H22N4O3/c1-18-12-2-3-13(18)7-11(6-12)17-15(22)10-8-16-19(9-10)5-4-14(20)21/h8-9,11-13H,2-7H2,1H3,(H,17,22)(H,20,21). The van der Waals surface area contributed by atoms with Crippen LogP contribution in [0.25, 0.3) is 0 Å². The molecule has 2 aliphatic heterocycles. The van der Waals surface area contributed by atoms with Crippen molar-refractivity contribution in [3.8, 4) is 0 Å². The third kappa shape index (κ3) is 3.14. The van der Waals surface area contributed by atoms with Crippen LogP contribution in [0.15, 0.2) is 12.4 Å². The van der Waals surface area contributed by atoms with Crippen molar-refractivity contribution in [2.45, 2.75) is 56.8 Å². The zero-order chi connectivity index (χ0) is 15.7. The van der Waals surface area contributed by atoms with E-state index in [1.165, 1.54) is 23.7 Å². The predicted octanol–water partition coefficient (Wildman–Crippen LogP) is 0.713. The number of carbonyl (C=O) groups is 2. The van der Waals surface area contributed by atoms with Gasteiger partial charge in [0.2, 0.25) is 0 Å². The van der Waals surface area contributed by atoms with Gasteiger partial charge in [-0.1, -0.05) is 0 Å². The number of hydrogen-bond donors (Lipinski definition) is 2. The highest BCUT2D eigenvalue weighted by atomic mass is 16.4. The second kappa shape index (κ2) is 6.08. The highest BCUT2D eigenvalue weighted by Crippen LogP contribution is 2.34. The van der Waals surface area contributed by atoms with Gasteiger partial charge in [0.1, 0.15) is 0 Å². The summed E-state index contributed by atoms with van der Waals surface area (Å²) in [5, 5.41) is 15.8. The number of carboxylic acid groups (broad SMARTS) is 1. The van der Waals surface area contributed by atoms with Crippen molar-refractivity contribution in [2.24, 2.45) is 0 Å². The molecule has 0 aliphatic carbocycles. The van der Waals surface area contributed by atoms with Gasteiger partial charge >= 0.3 is 5.97 Å². The molecule has 2 unspecified atom stereocenters. The number of aliphatic carboxylic acids is 1. The lowest BCUT2D eigenvalue weighted by molar-refractivity contribution is -0.137. The summed E-state index contributed by atoms with van der Waals surface area (Å²) in [5.74, 6) is -0.987. The summed E-state index contributed by atoms with van der Waals surface area (Å²) in [6.45, 7) is 0.279. The van der Waals surface area contributed by atoms with E-state index in [4.69, 9.17) is 5.11 Å². The molecule has 7 nitrogen and oxygen atoms in total. The molecule has 2 N–H and O–H groups in total. The molecule has 0 aromatic carbocycles.